The lowest BCUT2D eigenvalue weighted by Gasteiger charge is -2.10. The molecule has 3 heteroatoms. The zero-order valence-corrected chi connectivity index (χ0v) is 25.1. The van der Waals surface area contributed by atoms with Crippen LogP contribution >= 0.6 is 0 Å². The van der Waals surface area contributed by atoms with Crippen LogP contribution in [0.3, 0.4) is 0 Å². The third kappa shape index (κ3) is 5.58. The van der Waals surface area contributed by atoms with Crippen LogP contribution in [-0.4, -0.2) is 15.0 Å². The average Bonchev–Trinajstić information content (AvgIpc) is 3.15. The fourth-order valence-electron chi connectivity index (χ4n) is 5.83. The third-order valence-electron chi connectivity index (χ3n) is 8.36. The summed E-state index contributed by atoms with van der Waals surface area (Å²) >= 11 is 0. The second kappa shape index (κ2) is 12.1. The van der Waals surface area contributed by atoms with Crippen molar-refractivity contribution in [2.45, 2.75) is 0 Å². The van der Waals surface area contributed by atoms with Gasteiger partial charge in [-0.15, -0.1) is 0 Å². The fourth-order valence-corrected chi connectivity index (χ4v) is 5.83. The predicted octanol–water partition coefficient (Wildman–Crippen LogP) is 11.0. The first kappa shape index (κ1) is 27.4. The van der Waals surface area contributed by atoms with Crippen molar-refractivity contribution in [2.75, 3.05) is 0 Å². The zero-order chi connectivity index (χ0) is 30.7. The standard InChI is InChI=1S/C43H29N3/c1-3-9-30(10-4-1)32-15-17-33(18-16-32)34-19-24-37(25-20-34)42-44-41(36-12-5-2-6-13-36)45-43(46-42)38-26-21-35(22-27-38)40-28-23-31-11-7-8-14-39(31)29-40/h1-29H. The minimum Gasteiger partial charge on any atom is -0.208 e. The van der Waals surface area contributed by atoms with E-state index in [2.05, 4.69) is 140 Å². The maximum Gasteiger partial charge on any atom is 0.164 e. The topological polar surface area (TPSA) is 38.7 Å². The zero-order valence-electron chi connectivity index (χ0n) is 25.1. The summed E-state index contributed by atoms with van der Waals surface area (Å²) in [5.74, 6) is 1.95. The first-order valence-corrected chi connectivity index (χ1v) is 15.4. The lowest BCUT2D eigenvalue weighted by atomic mass is 9.99. The van der Waals surface area contributed by atoms with Gasteiger partial charge in [0.25, 0.3) is 0 Å². The first-order chi connectivity index (χ1) is 22.8. The van der Waals surface area contributed by atoms with Gasteiger partial charge in [0.05, 0.1) is 0 Å². The predicted molar refractivity (Wildman–Crippen MR) is 190 cm³/mol. The maximum atomic E-state index is 4.97. The molecule has 0 bridgehead atoms. The summed E-state index contributed by atoms with van der Waals surface area (Å²) < 4.78 is 0. The lowest BCUT2D eigenvalue weighted by Crippen LogP contribution is -2.00. The van der Waals surface area contributed by atoms with Crippen molar-refractivity contribution in [3.05, 3.63) is 176 Å². The van der Waals surface area contributed by atoms with Gasteiger partial charge in [-0.3, -0.25) is 0 Å². The Morgan fingerprint density at radius 3 is 1.00 bits per heavy atom. The molecule has 8 aromatic rings. The molecule has 0 N–H and O–H groups in total. The molecule has 0 amide bonds. The first-order valence-electron chi connectivity index (χ1n) is 15.4. The minimum absolute atomic E-state index is 0.647. The van der Waals surface area contributed by atoms with Gasteiger partial charge < -0.3 is 0 Å². The highest BCUT2D eigenvalue weighted by Gasteiger charge is 2.13. The van der Waals surface area contributed by atoms with Crippen LogP contribution in [0.25, 0.3) is 78.3 Å². The van der Waals surface area contributed by atoms with E-state index in [0.29, 0.717) is 17.5 Å². The summed E-state index contributed by atoms with van der Waals surface area (Å²) in [4.78, 5) is 14.8. The maximum absolute atomic E-state index is 4.97. The van der Waals surface area contributed by atoms with Gasteiger partial charge in [-0.25, -0.2) is 15.0 Å². The van der Waals surface area contributed by atoms with Gasteiger partial charge in [0, 0.05) is 16.7 Å². The monoisotopic (exact) mass is 587 g/mol. The van der Waals surface area contributed by atoms with E-state index in [0.717, 1.165) is 27.8 Å². The van der Waals surface area contributed by atoms with E-state index in [1.807, 2.05) is 36.4 Å². The number of nitrogens with zero attached hydrogens (tertiary/aromatic N) is 3. The highest BCUT2D eigenvalue weighted by molar-refractivity contribution is 5.87. The number of rotatable bonds is 6. The van der Waals surface area contributed by atoms with Gasteiger partial charge in [0.15, 0.2) is 17.5 Å². The molecule has 7 aromatic carbocycles. The Morgan fingerprint density at radius 2 is 0.522 bits per heavy atom. The van der Waals surface area contributed by atoms with Gasteiger partial charge in [0.1, 0.15) is 0 Å². The Kier molecular flexibility index (Phi) is 7.18. The molecule has 0 radical (unpaired) electrons. The Hall–Kier alpha value is -6.19. The number of hydrogen-bond donors (Lipinski definition) is 0. The molecule has 0 aliphatic rings. The number of hydrogen-bond acceptors (Lipinski definition) is 3. The normalized spacial score (nSPS) is 11.0. The molecular weight excluding hydrogens is 558 g/mol. The van der Waals surface area contributed by atoms with Crippen LogP contribution in [0.4, 0.5) is 0 Å². The van der Waals surface area contributed by atoms with E-state index < -0.39 is 0 Å². The van der Waals surface area contributed by atoms with Crippen molar-refractivity contribution >= 4 is 10.8 Å². The van der Waals surface area contributed by atoms with Crippen molar-refractivity contribution in [2.24, 2.45) is 0 Å². The van der Waals surface area contributed by atoms with E-state index in [1.165, 1.54) is 33.0 Å². The number of aromatic nitrogens is 3. The van der Waals surface area contributed by atoms with E-state index in [-0.39, 0.29) is 0 Å². The van der Waals surface area contributed by atoms with Crippen molar-refractivity contribution < 1.29 is 0 Å². The van der Waals surface area contributed by atoms with Gasteiger partial charge in [-0.05, 0) is 50.2 Å². The molecule has 0 unspecified atom stereocenters. The summed E-state index contributed by atoms with van der Waals surface area (Å²) in [7, 11) is 0. The van der Waals surface area contributed by atoms with Crippen LogP contribution in [0.2, 0.25) is 0 Å². The summed E-state index contributed by atoms with van der Waals surface area (Å²) in [5.41, 5.74) is 9.91. The second-order valence-corrected chi connectivity index (χ2v) is 11.3. The Bertz CT molecular complexity index is 2260. The van der Waals surface area contributed by atoms with E-state index in [4.69, 9.17) is 15.0 Å². The summed E-state index contributed by atoms with van der Waals surface area (Å²) in [6.45, 7) is 0. The van der Waals surface area contributed by atoms with Gasteiger partial charge in [-0.1, -0.05) is 170 Å². The van der Waals surface area contributed by atoms with Crippen LogP contribution in [0.5, 0.6) is 0 Å². The molecule has 0 aliphatic carbocycles. The van der Waals surface area contributed by atoms with Crippen molar-refractivity contribution in [3.8, 4) is 67.5 Å². The molecule has 0 aliphatic heterocycles. The Morgan fingerprint density at radius 1 is 0.217 bits per heavy atom. The molecule has 216 valence electrons. The molecule has 0 saturated heterocycles. The smallest absolute Gasteiger partial charge is 0.164 e. The summed E-state index contributed by atoms with van der Waals surface area (Å²) in [6, 6.07) is 61.2. The molecule has 0 fully saturated rings. The highest BCUT2D eigenvalue weighted by Crippen LogP contribution is 2.30. The lowest BCUT2D eigenvalue weighted by molar-refractivity contribution is 1.07. The van der Waals surface area contributed by atoms with Gasteiger partial charge in [0.2, 0.25) is 0 Å². The summed E-state index contributed by atoms with van der Waals surface area (Å²) in [6.07, 6.45) is 0. The van der Waals surface area contributed by atoms with Crippen LogP contribution in [0.15, 0.2) is 176 Å². The molecule has 46 heavy (non-hydrogen) atoms. The molecular formula is C43H29N3. The average molecular weight is 588 g/mol. The van der Waals surface area contributed by atoms with Crippen LogP contribution in [-0.2, 0) is 0 Å². The molecule has 3 nitrogen and oxygen atoms in total. The molecule has 1 heterocycles. The molecule has 0 spiro atoms. The van der Waals surface area contributed by atoms with Crippen molar-refractivity contribution in [3.63, 3.8) is 0 Å². The second-order valence-electron chi connectivity index (χ2n) is 11.3. The van der Waals surface area contributed by atoms with Gasteiger partial charge >= 0.3 is 0 Å². The summed E-state index contributed by atoms with van der Waals surface area (Å²) in [5, 5.41) is 2.47. The van der Waals surface area contributed by atoms with Crippen LogP contribution in [0, 0.1) is 0 Å². The van der Waals surface area contributed by atoms with Crippen LogP contribution in [0.1, 0.15) is 0 Å². The SMILES string of the molecule is c1ccc(-c2ccc(-c3ccc(-c4nc(-c5ccccc5)nc(-c5ccc(-c6ccc7ccccc7c6)cc5)n4)cc3)cc2)cc1. The van der Waals surface area contributed by atoms with Crippen molar-refractivity contribution in [1.82, 2.24) is 15.0 Å². The largest absolute Gasteiger partial charge is 0.208 e. The third-order valence-corrected chi connectivity index (χ3v) is 8.36. The van der Waals surface area contributed by atoms with E-state index in [9.17, 15) is 0 Å². The minimum atomic E-state index is 0.647. The Labute approximate surface area is 268 Å². The molecule has 0 atom stereocenters. The number of fused-ring (bicyclic) bond motifs is 1. The van der Waals surface area contributed by atoms with E-state index >= 15 is 0 Å². The molecule has 1 aromatic heterocycles. The quantitative estimate of drug-likeness (QED) is 0.194. The van der Waals surface area contributed by atoms with Gasteiger partial charge in [-0.2, -0.15) is 0 Å². The van der Waals surface area contributed by atoms with Crippen LogP contribution < -0.4 is 0 Å². The molecule has 0 saturated carbocycles. The van der Waals surface area contributed by atoms with E-state index in [1.54, 1.807) is 0 Å². The number of benzene rings is 7. The fraction of sp³-hybridized carbons (Fsp3) is 0. The Balaban J connectivity index is 1.12. The highest BCUT2D eigenvalue weighted by atomic mass is 15.0. The molecule has 8 rings (SSSR count). The van der Waals surface area contributed by atoms with Crippen molar-refractivity contribution in [1.29, 1.82) is 0 Å².